The maximum Gasteiger partial charge on any atom is 0.242 e. The van der Waals surface area contributed by atoms with E-state index in [4.69, 9.17) is 0 Å². The van der Waals surface area contributed by atoms with Crippen LogP contribution in [0.1, 0.15) is 19.0 Å². The highest BCUT2D eigenvalue weighted by Gasteiger charge is 2.31. The Morgan fingerprint density at radius 1 is 1.65 bits per heavy atom. The standard InChI is InChI=1S/C11H16N4O2/c1-2-9-11(17)12-5-6-15(9)10(16)7-8-3-4-13-14-8/h3-4,9H,2,5-7H2,1H3,(H,12,17)(H,13,14). The van der Waals surface area contributed by atoms with Crippen molar-refractivity contribution in [3.63, 3.8) is 0 Å². The fourth-order valence-corrected chi connectivity index (χ4v) is 2.07. The van der Waals surface area contributed by atoms with Gasteiger partial charge in [0.25, 0.3) is 0 Å². The molecule has 1 aromatic heterocycles. The van der Waals surface area contributed by atoms with Crippen molar-refractivity contribution in [1.29, 1.82) is 0 Å². The lowest BCUT2D eigenvalue weighted by atomic mass is 10.1. The first kappa shape index (κ1) is 11.6. The molecule has 6 nitrogen and oxygen atoms in total. The molecule has 17 heavy (non-hydrogen) atoms. The molecule has 1 atom stereocenters. The smallest absolute Gasteiger partial charge is 0.242 e. The molecule has 0 aromatic carbocycles. The zero-order chi connectivity index (χ0) is 12.3. The number of carbonyl (C=O) groups excluding carboxylic acids is 2. The summed E-state index contributed by atoms with van der Waals surface area (Å²) in [5.41, 5.74) is 0.774. The lowest BCUT2D eigenvalue weighted by Gasteiger charge is -2.34. The van der Waals surface area contributed by atoms with Crippen molar-refractivity contribution in [2.75, 3.05) is 13.1 Å². The summed E-state index contributed by atoms with van der Waals surface area (Å²) in [7, 11) is 0. The first-order chi connectivity index (χ1) is 8.22. The normalized spacial score (nSPS) is 20.2. The Hall–Kier alpha value is -1.85. The summed E-state index contributed by atoms with van der Waals surface area (Å²) in [6.07, 6.45) is 2.52. The fourth-order valence-electron chi connectivity index (χ4n) is 2.07. The predicted molar refractivity (Wildman–Crippen MR) is 61.1 cm³/mol. The maximum atomic E-state index is 12.1. The molecule has 2 N–H and O–H groups in total. The number of rotatable bonds is 3. The van der Waals surface area contributed by atoms with Crippen molar-refractivity contribution in [2.45, 2.75) is 25.8 Å². The molecule has 1 aliphatic heterocycles. The van der Waals surface area contributed by atoms with E-state index < -0.39 is 0 Å². The van der Waals surface area contributed by atoms with Gasteiger partial charge in [0.15, 0.2) is 0 Å². The van der Waals surface area contributed by atoms with Gasteiger partial charge in [0, 0.05) is 25.0 Å². The average molecular weight is 236 g/mol. The van der Waals surface area contributed by atoms with E-state index in [0.717, 1.165) is 5.69 Å². The van der Waals surface area contributed by atoms with Crippen LogP contribution in [0.4, 0.5) is 0 Å². The lowest BCUT2D eigenvalue weighted by molar-refractivity contribution is -0.142. The van der Waals surface area contributed by atoms with Crippen molar-refractivity contribution in [3.05, 3.63) is 18.0 Å². The molecular weight excluding hydrogens is 220 g/mol. The first-order valence-electron chi connectivity index (χ1n) is 5.77. The van der Waals surface area contributed by atoms with Crippen molar-refractivity contribution in [2.24, 2.45) is 0 Å². The van der Waals surface area contributed by atoms with Crippen molar-refractivity contribution < 1.29 is 9.59 Å². The molecule has 1 unspecified atom stereocenters. The van der Waals surface area contributed by atoms with Gasteiger partial charge in [-0.15, -0.1) is 0 Å². The second kappa shape index (κ2) is 4.99. The number of hydrogen-bond acceptors (Lipinski definition) is 3. The number of hydrogen-bond donors (Lipinski definition) is 2. The van der Waals surface area contributed by atoms with Gasteiger partial charge in [0.2, 0.25) is 11.8 Å². The van der Waals surface area contributed by atoms with E-state index in [9.17, 15) is 9.59 Å². The Kier molecular flexibility index (Phi) is 3.41. The van der Waals surface area contributed by atoms with E-state index in [1.54, 1.807) is 17.2 Å². The zero-order valence-electron chi connectivity index (χ0n) is 9.77. The van der Waals surface area contributed by atoms with E-state index in [1.165, 1.54) is 0 Å². The van der Waals surface area contributed by atoms with Gasteiger partial charge < -0.3 is 10.2 Å². The van der Waals surface area contributed by atoms with Crippen LogP contribution in [0.3, 0.4) is 0 Å². The number of aromatic nitrogens is 2. The molecule has 0 aliphatic carbocycles. The maximum absolute atomic E-state index is 12.1. The van der Waals surface area contributed by atoms with Crippen LogP contribution in [0.25, 0.3) is 0 Å². The van der Waals surface area contributed by atoms with E-state index in [1.807, 2.05) is 6.92 Å². The average Bonchev–Trinajstić information content (AvgIpc) is 2.81. The number of nitrogens with zero attached hydrogens (tertiary/aromatic N) is 2. The molecular formula is C11H16N4O2. The molecule has 0 radical (unpaired) electrons. The minimum atomic E-state index is -0.334. The number of amides is 2. The fraction of sp³-hybridized carbons (Fsp3) is 0.545. The summed E-state index contributed by atoms with van der Waals surface area (Å²) < 4.78 is 0. The molecule has 0 spiro atoms. The van der Waals surface area contributed by atoms with E-state index in [0.29, 0.717) is 19.5 Å². The van der Waals surface area contributed by atoms with Gasteiger partial charge in [-0.3, -0.25) is 14.7 Å². The van der Waals surface area contributed by atoms with Gasteiger partial charge in [-0.2, -0.15) is 5.10 Å². The number of nitrogens with one attached hydrogen (secondary N) is 2. The third kappa shape index (κ3) is 2.46. The Bertz CT molecular complexity index is 402. The first-order valence-corrected chi connectivity index (χ1v) is 5.77. The van der Waals surface area contributed by atoms with Crippen LogP contribution in [0.15, 0.2) is 12.3 Å². The van der Waals surface area contributed by atoms with E-state index in [-0.39, 0.29) is 24.3 Å². The summed E-state index contributed by atoms with van der Waals surface area (Å²) in [5, 5.41) is 9.33. The molecule has 1 aromatic rings. The van der Waals surface area contributed by atoms with Gasteiger partial charge in [-0.25, -0.2) is 0 Å². The summed E-state index contributed by atoms with van der Waals surface area (Å²) >= 11 is 0. The molecule has 2 heterocycles. The van der Waals surface area contributed by atoms with Crippen molar-refractivity contribution in [3.8, 4) is 0 Å². The molecule has 0 saturated carbocycles. The molecule has 0 bridgehead atoms. The van der Waals surface area contributed by atoms with Crippen molar-refractivity contribution >= 4 is 11.8 Å². The SMILES string of the molecule is CCC1C(=O)NCCN1C(=O)Cc1ccn[nH]1. The number of aromatic amines is 1. The second-order valence-electron chi connectivity index (χ2n) is 4.06. The molecule has 6 heteroatoms. The topological polar surface area (TPSA) is 78.1 Å². The Labute approximate surface area is 99.4 Å². The number of H-pyrrole nitrogens is 1. The van der Waals surface area contributed by atoms with E-state index in [2.05, 4.69) is 15.5 Å². The highest BCUT2D eigenvalue weighted by molar-refractivity contribution is 5.89. The summed E-state index contributed by atoms with van der Waals surface area (Å²) in [4.78, 5) is 25.3. The summed E-state index contributed by atoms with van der Waals surface area (Å²) in [6, 6.07) is 1.43. The Balaban J connectivity index is 2.04. The second-order valence-corrected chi connectivity index (χ2v) is 4.06. The largest absolute Gasteiger partial charge is 0.353 e. The molecule has 92 valence electrons. The highest BCUT2D eigenvalue weighted by atomic mass is 16.2. The van der Waals surface area contributed by atoms with Crippen LogP contribution in [-0.2, 0) is 16.0 Å². The number of carbonyl (C=O) groups is 2. The summed E-state index contributed by atoms with van der Waals surface area (Å²) in [6.45, 7) is 3.02. The Morgan fingerprint density at radius 3 is 3.12 bits per heavy atom. The van der Waals surface area contributed by atoms with Crippen LogP contribution in [0.5, 0.6) is 0 Å². The lowest BCUT2D eigenvalue weighted by Crippen LogP contribution is -2.57. The minimum absolute atomic E-state index is 0.0315. The molecule has 1 saturated heterocycles. The molecule has 2 amide bonds. The van der Waals surface area contributed by atoms with Crippen molar-refractivity contribution in [1.82, 2.24) is 20.4 Å². The molecule has 1 aliphatic rings. The molecule has 1 fully saturated rings. The highest BCUT2D eigenvalue weighted by Crippen LogP contribution is 2.10. The van der Waals surface area contributed by atoms with Gasteiger partial charge in [-0.1, -0.05) is 6.92 Å². The predicted octanol–water partition coefficient (Wildman–Crippen LogP) is -0.311. The van der Waals surface area contributed by atoms with Gasteiger partial charge in [0.1, 0.15) is 6.04 Å². The molecule has 2 rings (SSSR count). The quantitative estimate of drug-likeness (QED) is 0.755. The van der Waals surface area contributed by atoms with Gasteiger partial charge in [0.05, 0.1) is 6.42 Å². The number of piperazine rings is 1. The Morgan fingerprint density at radius 2 is 2.47 bits per heavy atom. The van der Waals surface area contributed by atoms with Crippen LogP contribution in [0, 0.1) is 0 Å². The van der Waals surface area contributed by atoms with Crippen LogP contribution in [-0.4, -0.2) is 46.0 Å². The van der Waals surface area contributed by atoms with Gasteiger partial charge in [-0.05, 0) is 12.5 Å². The monoisotopic (exact) mass is 236 g/mol. The minimum Gasteiger partial charge on any atom is -0.353 e. The third-order valence-electron chi connectivity index (χ3n) is 2.94. The van der Waals surface area contributed by atoms with Gasteiger partial charge >= 0.3 is 0 Å². The third-order valence-corrected chi connectivity index (χ3v) is 2.94. The van der Waals surface area contributed by atoms with Crippen LogP contribution < -0.4 is 5.32 Å². The zero-order valence-corrected chi connectivity index (χ0v) is 9.77. The van der Waals surface area contributed by atoms with Crippen LogP contribution in [0.2, 0.25) is 0 Å². The summed E-state index contributed by atoms with van der Waals surface area (Å²) in [5.74, 6) is -0.0901. The van der Waals surface area contributed by atoms with Crippen LogP contribution >= 0.6 is 0 Å². The van der Waals surface area contributed by atoms with E-state index >= 15 is 0 Å².